The van der Waals surface area contributed by atoms with E-state index in [1.54, 1.807) is 24.9 Å². The highest BCUT2D eigenvalue weighted by molar-refractivity contribution is 5.74. The van der Waals surface area contributed by atoms with Gasteiger partial charge in [-0.2, -0.15) is 0 Å². The van der Waals surface area contributed by atoms with Crippen molar-refractivity contribution in [2.75, 3.05) is 0 Å². The van der Waals surface area contributed by atoms with Gasteiger partial charge in [0, 0.05) is 18.6 Å². The Kier molecular flexibility index (Phi) is 3.41. The predicted molar refractivity (Wildman–Crippen MR) is 88.4 cm³/mol. The monoisotopic (exact) mass is 299 g/mol. The summed E-state index contributed by atoms with van der Waals surface area (Å²) < 4.78 is 5.51. The Morgan fingerprint density at radius 3 is 2.30 bits per heavy atom. The highest BCUT2D eigenvalue weighted by Crippen LogP contribution is 2.29. The van der Waals surface area contributed by atoms with E-state index in [0.717, 1.165) is 34.0 Å². The summed E-state index contributed by atoms with van der Waals surface area (Å²) >= 11 is 0. The quantitative estimate of drug-likeness (QED) is 0.560. The molecule has 4 heteroatoms. The first kappa shape index (κ1) is 13.4. The number of rotatable bonds is 3. The third-order valence-corrected chi connectivity index (χ3v) is 3.54. The van der Waals surface area contributed by atoms with Crippen LogP contribution in [0, 0.1) is 0 Å². The molecule has 0 radical (unpaired) electrons. The molecule has 0 saturated heterocycles. The van der Waals surface area contributed by atoms with Crippen LogP contribution in [0.2, 0.25) is 0 Å². The molecule has 23 heavy (non-hydrogen) atoms. The van der Waals surface area contributed by atoms with Crippen molar-refractivity contribution in [2.24, 2.45) is 0 Å². The van der Waals surface area contributed by atoms with Crippen molar-refractivity contribution < 1.29 is 4.42 Å². The summed E-state index contributed by atoms with van der Waals surface area (Å²) in [6.07, 6.45) is 6.98. The molecule has 4 heterocycles. The lowest BCUT2D eigenvalue weighted by Gasteiger charge is -2.08. The van der Waals surface area contributed by atoms with Crippen molar-refractivity contribution in [1.82, 2.24) is 15.0 Å². The Morgan fingerprint density at radius 2 is 1.57 bits per heavy atom. The standard InChI is InChI=1S/C19H13N3O/c1-2-8-21-16(4-1)17-12-15(14-6-9-20-10-7-14)13-18(22-17)19-5-3-11-23-19/h1-13H. The molecule has 0 aliphatic rings. The van der Waals surface area contributed by atoms with Gasteiger partial charge in [-0.25, -0.2) is 4.98 Å². The van der Waals surface area contributed by atoms with E-state index in [0.29, 0.717) is 0 Å². The molecule has 0 fully saturated rings. The van der Waals surface area contributed by atoms with Gasteiger partial charge >= 0.3 is 0 Å². The van der Waals surface area contributed by atoms with E-state index in [1.165, 1.54) is 0 Å². The van der Waals surface area contributed by atoms with Gasteiger partial charge < -0.3 is 4.42 Å². The summed E-state index contributed by atoms with van der Waals surface area (Å²) in [5, 5.41) is 0. The number of hydrogen-bond acceptors (Lipinski definition) is 4. The lowest BCUT2D eigenvalue weighted by Crippen LogP contribution is -1.92. The second kappa shape index (κ2) is 5.85. The molecule has 0 aliphatic carbocycles. The molecule has 0 aliphatic heterocycles. The van der Waals surface area contributed by atoms with Crippen LogP contribution in [0.5, 0.6) is 0 Å². The zero-order valence-electron chi connectivity index (χ0n) is 12.3. The van der Waals surface area contributed by atoms with E-state index in [4.69, 9.17) is 9.40 Å². The average Bonchev–Trinajstić information content (AvgIpc) is 3.18. The number of nitrogens with zero attached hydrogens (tertiary/aromatic N) is 3. The summed E-state index contributed by atoms with van der Waals surface area (Å²) in [6, 6.07) is 17.6. The minimum Gasteiger partial charge on any atom is -0.463 e. The topological polar surface area (TPSA) is 51.8 Å². The van der Waals surface area contributed by atoms with E-state index < -0.39 is 0 Å². The van der Waals surface area contributed by atoms with Crippen molar-refractivity contribution in [2.45, 2.75) is 0 Å². The second-order valence-electron chi connectivity index (χ2n) is 5.05. The first-order valence-corrected chi connectivity index (χ1v) is 7.28. The lowest BCUT2D eigenvalue weighted by molar-refractivity contribution is 0.580. The molecule has 4 nitrogen and oxygen atoms in total. The molecule has 4 aromatic heterocycles. The zero-order valence-corrected chi connectivity index (χ0v) is 12.3. The third kappa shape index (κ3) is 2.74. The minimum atomic E-state index is 0.734. The van der Waals surface area contributed by atoms with Crippen LogP contribution in [-0.4, -0.2) is 15.0 Å². The lowest BCUT2D eigenvalue weighted by atomic mass is 10.0. The largest absolute Gasteiger partial charge is 0.463 e. The molecular weight excluding hydrogens is 286 g/mol. The fraction of sp³-hybridized carbons (Fsp3) is 0. The maximum absolute atomic E-state index is 5.51. The van der Waals surface area contributed by atoms with Gasteiger partial charge in [0.2, 0.25) is 0 Å². The molecule has 0 N–H and O–H groups in total. The Morgan fingerprint density at radius 1 is 0.696 bits per heavy atom. The Balaban J connectivity index is 1.91. The highest BCUT2D eigenvalue weighted by atomic mass is 16.3. The van der Waals surface area contributed by atoms with Gasteiger partial charge in [-0.05, 0) is 59.7 Å². The molecule has 0 aromatic carbocycles. The van der Waals surface area contributed by atoms with Gasteiger partial charge in [-0.15, -0.1) is 0 Å². The van der Waals surface area contributed by atoms with Crippen LogP contribution in [-0.2, 0) is 0 Å². The van der Waals surface area contributed by atoms with Gasteiger partial charge in [0.15, 0.2) is 5.76 Å². The number of furan rings is 1. The summed E-state index contributed by atoms with van der Waals surface area (Å²) in [5.41, 5.74) is 4.55. The van der Waals surface area contributed by atoms with Crippen molar-refractivity contribution in [3.8, 4) is 34.0 Å². The van der Waals surface area contributed by atoms with Gasteiger partial charge in [0.1, 0.15) is 5.69 Å². The van der Waals surface area contributed by atoms with Crippen LogP contribution in [0.25, 0.3) is 34.0 Å². The number of pyridine rings is 3. The average molecular weight is 299 g/mol. The zero-order chi connectivity index (χ0) is 15.5. The maximum atomic E-state index is 5.51. The molecule has 4 rings (SSSR count). The van der Waals surface area contributed by atoms with Crippen LogP contribution in [0.4, 0.5) is 0 Å². The van der Waals surface area contributed by atoms with Crippen molar-refractivity contribution in [1.29, 1.82) is 0 Å². The van der Waals surface area contributed by atoms with E-state index in [-0.39, 0.29) is 0 Å². The first-order valence-electron chi connectivity index (χ1n) is 7.28. The van der Waals surface area contributed by atoms with Crippen LogP contribution in [0.15, 0.2) is 83.9 Å². The fourth-order valence-corrected chi connectivity index (χ4v) is 2.44. The van der Waals surface area contributed by atoms with E-state index in [9.17, 15) is 0 Å². The van der Waals surface area contributed by atoms with Crippen LogP contribution in [0.1, 0.15) is 0 Å². The molecule has 0 atom stereocenters. The minimum absolute atomic E-state index is 0.734. The first-order chi connectivity index (χ1) is 11.4. The molecule has 0 unspecified atom stereocenters. The Hall–Kier alpha value is -3.27. The molecule has 0 amide bonds. The van der Waals surface area contributed by atoms with Crippen molar-refractivity contribution in [3.05, 3.63) is 79.5 Å². The Bertz CT molecular complexity index is 846. The smallest absolute Gasteiger partial charge is 0.152 e. The van der Waals surface area contributed by atoms with Crippen LogP contribution in [0.3, 0.4) is 0 Å². The van der Waals surface area contributed by atoms with Crippen LogP contribution >= 0.6 is 0 Å². The van der Waals surface area contributed by atoms with Crippen molar-refractivity contribution >= 4 is 0 Å². The van der Waals surface area contributed by atoms with Crippen molar-refractivity contribution in [3.63, 3.8) is 0 Å². The summed E-state index contributed by atoms with van der Waals surface area (Å²) in [5.74, 6) is 0.734. The van der Waals surface area contributed by atoms with E-state index in [2.05, 4.69) is 9.97 Å². The Labute approximate surface area is 133 Å². The molecule has 110 valence electrons. The van der Waals surface area contributed by atoms with Gasteiger partial charge in [-0.3, -0.25) is 9.97 Å². The van der Waals surface area contributed by atoms with Crippen LogP contribution < -0.4 is 0 Å². The third-order valence-electron chi connectivity index (χ3n) is 3.54. The van der Waals surface area contributed by atoms with Gasteiger partial charge in [0.25, 0.3) is 0 Å². The van der Waals surface area contributed by atoms with E-state index in [1.807, 2.05) is 54.6 Å². The summed E-state index contributed by atoms with van der Waals surface area (Å²) in [4.78, 5) is 13.2. The predicted octanol–water partition coefficient (Wildman–Crippen LogP) is 4.47. The molecule has 4 aromatic rings. The summed E-state index contributed by atoms with van der Waals surface area (Å²) in [7, 11) is 0. The highest BCUT2D eigenvalue weighted by Gasteiger charge is 2.10. The van der Waals surface area contributed by atoms with Gasteiger partial charge in [-0.1, -0.05) is 6.07 Å². The summed E-state index contributed by atoms with van der Waals surface area (Å²) in [6.45, 7) is 0. The molecule has 0 saturated carbocycles. The van der Waals surface area contributed by atoms with E-state index >= 15 is 0 Å². The molecular formula is C19H13N3O. The normalized spacial score (nSPS) is 10.6. The number of hydrogen-bond donors (Lipinski definition) is 0. The maximum Gasteiger partial charge on any atom is 0.152 e. The molecule has 0 spiro atoms. The van der Waals surface area contributed by atoms with Gasteiger partial charge in [0.05, 0.1) is 17.7 Å². The fourth-order valence-electron chi connectivity index (χ4n) is 2.44. The second-order valence-corrected chi connectivity index (χ2v) is 5.05. The molecule has 0 bridgehead atoms. The number of aromatic nitrogens is 3. The SMILES string of the molecule is c1ccc(-c2cc(-c3ccncc3)cc(-c3ccco3)n2)nc1.